The molecule has 0 fully saturated rings. The number of furan rings is 1. The number of rotatable bonds is 6. The van der Waals surface area contributed by atoms with Crippen molar-refractivity contribution in [1.82, 2.24) is 4.57 Å². The van der Waals surface area contributed by atoms with Gasteiger partial charge in [0.2, 0.25) is 0 Å². The van der Waals surface area contributed by atoms with Crippen molar-refractivity contribution in [3.05, 3.63) is 218 Å². The molecule has 3 heteroatoms. The predicted octanol–water partition coefficient (Wildman–Crippen LogP) is 15.8. The van der Waals surface area contributed by atoms with Crippen LogP contribution in [-0.4, -0.2) is 4.57 Å². The number of nitrogens with zero attached hydrogens (tertiary/aromatic N) is 2. The number of benzene rings is 10. The summed E-state index contributed by atoms with van der Waals surface area (Å²) in [7, 11) is 0. The molecule has 3 nitrogen and oxygen atoms in total. The van der Waals surface area contributed by atoms with Crippen LogP contribution in [0.1, 0.15) is 0 Å². The molecule has 0 saturated carbocycles. The van der Waals surface area contributed by atoms with Crippen LogP contribution >= 0.6 is 0 Å². The quantitative estimate of drug-likeness (QED) is 0.169. The molecular formula is C56H36N2O. The summed E-state index contributed by atoms with van der Waals surface area (Å²) in [6, 6.07) is 78.8. The first-order valence-electron chi connectivity index (χ1n) is 20.2. The lowest BCUT2D eigenvalue weighted by Crippen LogP contribution is -2.12. The van der Waals surface area contributed by atoms with Gasteiger partial charge in [-0.2, -0.15) is 0 Å². The summed E-state index contributed by atoms with van der Waals surface area (Å²) in [6.07, 6.45) is 0. The highest BCUT2D eigenvalue weighted by atomic mass is 16.3. The van der Waals surface area contributed by atoms with Crippen LogP contribution in [0.3, 0.4) is 0 Å². The van der Waals surface area contributed by atoms with Crippen LogP contribution in [0.5, 0.6) is 0 Å². The largest absolute Gasteiger partial charge is 0.454 e. The van der Waals surface area contributed by atoms with Gasteiger partial charge >= 0.3 is 0 Å². The van der Waals surface area contributed by atoms with Crippen molar-refractivity contribution < 1.29 is 4.42 Å². The van der Waals surface area contributed by atoms with Gasteiger partial charge in [-0.15, -0.1) is 0 Å². The third kappa shape index (κ3) is 5.22. The number of para-hydroxylation sites is 5. The molecule has 0 aliphatic heterocycles. The summed E-state index contributed by atoms with van der Waals surface area (Å²) in [6.45, 7) is 0. The standard InChI is InChI=1S/C56H36N2O/c1-3-21-41-37(16-1)18-14-27-42(41)39-19-13-20-40(36-39)57(53-32-15-28-47-46-25-8-12-33-54(46)59-56(47)53)51-31-11-7-26-48(51)55-43-22-4-2-17-38(43)34-35-52(55)58-49-29-9-5-23-44(49)45-24-6-10-30-50(45)58/h1-36H. The smallest absolute Gasteiger partial charge is 0.159 e. The van der Waals surface area contributed by atoms with Gasteiger partial charge in [0, 0.05) is 38.4 Å². The van der Waals surface area contributed by atoms with Gasteiger partial charge in [0.1, 0.15) is 5.58 Å². The van der Waals surface area contributed by atoms with E-state index in [1.165, 1.54) is 48.9 Å². The van der Waals surface area contributed by atoms with Gasteiger partial charge in [-0.05, 0) is 81.2 Å². The zero-order valence-electron chi connectivity index (χ0n) is 32.1. The third-order valence-electron chi connectivity index (χ3n) is 12.0. The molecule has 2 heterocycles. The Bertz CT molecular complexity index is 3530. The molecule has 12 rings (SSSR count). The Hall–Kier alpha value is -7.88. The highest BCUT2D eigenvalue weighted by molar-refractivity contribution is 6.14. The van der Waals surface area contributed by atoms with Crippen molar-refractivity contribution in [2.24, 2.45) is 0 Å². The van der Waals surface area contributed by atoms with Gasteiger partial charge in [-0.25, -0.2) is 0 Å². The van der Waals surface area contributed by atoms with E-state index < -0.39 is 0 Å². The molecule has 0 amide bonds. The summed E-state index contributed by atoms with van der Waals surface area (Å²) in [4.78, 5) is 2.41. The minimum Gasteiger partial charge on any atom is -0.454 e. The Morgan fingerprint density at radius 2 is 0.932 bits per heavy atom. The lowest BCUT2D eigenvalue weighted by Gasteiger charge is -2.29. The van der Waals surface area contributed by atoms with Crippen LogP contribution in [0, 0.1) is 0 Å². The van der Waals surface area contributed by atoms with E-state index in [-0.39, 0.29) is 0 Å². The molecule has 0 spiro atoms. The third-order valence-corrected chi connectivity index (χ3v) is 12.0. The van der Waals surface area contributed by atoms with Gasteiger partial charge in [-0.3, -0.25) is 0 Å². The minimum absolute atomic E-state index is 0.847. The van der Waals surface area contributed by atoms with E-state index in [2.05, 4.69) is 222 Å². The van der Waals surface area contributed by atoms with Gasteiger partial charge in [0.05, 0.1) is 28.1 Å². The monoisotopic (exact) mass is 752 g/mol. The maximum absolute atomic E-state index is 6.83. The summed E-state index contributed by atoms with van der Waals surface area (Å²) in [5, 5.41) is 9.48. The zero-order valence-corrected chi connectivity index (χ0v) is 32.1. The molecule has 0 unspecified atom stereocenters. The van der Waals surface area contributed by atoms with E-state index in [1.54, 1.807) is 0 Å². The van der Waals surface area contributed by atoms with E-state index in [1.807, 2.05) is 6.07 Å². The van der Waals surface area contributed by atoms with Crippen molar-refractivity contribution in [2.75, 3.05) is 4.90 Å². The molecule has 10 aromatic carbocycles. The average molecular weight is 753 g/mol. The molecule has 2 aromatic heterocycles. The molecule has 0 aliphatic rings. The molecule has 0 N–H and O–H groups in total. The first kappa shape index (κ1) is 33.3. The summed E-state index contributed by atoms with van der Waals surface area (Å²) < 4.78 is 9.28. The molecule has 0 aliphatic carbocycles. The number of aromatic nitrogens is 1. The van der Waals surface area contributed by atoms with Gasteiger partial charge in [0.25, 0.3) is 0 Å². The second-order valence-electron chi connectivity index (χ2n) is 15.2. The Kier molecular flexibility index (Phi) is 7.54. The maximum Gasteiger partial charge on any atom is 0.159 e. The van der Waals surface area contributed by atoms with Gasteiger partial charge in [0.15, 0.2) is 5.58 Å². The van der Waals surface area contributed by atoms with Crippen LogP contribution in [0.4, 0.5) is 17.1 Å². The van der Waals surface area contributed by atoms with E-state index in [9.17, 15) is 0 Å². The fourth-order valence-corrected chi connectivity index (χ4v) is 9.40. The Morgan fingerprint density at radius 3 is 1.75 bits per heavy atom. The molecule has 0 bridgehead atoms. The number of hydrogen-bond acceptors (Lipinski definition) is 2. The fraction of sp³-hybridized carbons (Fsp3) is 0. The first-order chi connectivity index (χ1) is 29.3. The SMILES string of the molecule is c1cc(-c2cccc3ccccc23)cc(N(c2ccccc2-c2c(-n3c4ccccc4c4ccccc43)ccc3ccccc23)c2cccc3c2oc2ccccc23)c1. The summed E-state index contributed by atoms with van der Waals surface area (Å²) in [5.41, 5.74) is 12.9. The number of anilines is 3. The molecule has 0 radical (unpaired) electrons. The van der Waals surface area contributed by atoms with Crippen molar-refractivity contribution in [2.45, 2.75) is 0 Å². The highest BCUT2D eigenvalue weighted by Gasteiger charge is 2.25. The van der Waals surface area contributed by atoms with E-state index >= 15 is 0 Å². The highest BCUT2D eigenvalue weighted by Crippen LogP contribution is 2.49. The predicted molar refractivity (Wildman–Crippen MR) is 249 cm³/mol. The van der Waals surface area contributed by atoms with Crippen LogP contribution < -0.4 is 4.90 Å². The van der Waals surface area contributed by atoms with Crippen molar-refractivity contribution in [3.8, 4) is 27.9 Å². The maximum atomic E-state index is 6.83. The Morgan fingerprint density at radius 1 is 0.373 bits per heavy atom. The molecule has 59 heavy (non-hydrogen) atoms. The summed E-state index contributed by atoms with van der Waals surface area (Å²) in [5.74, 6) is 0. The molecule has 276 valence electrons. The number of hydrogen-bond donors (Lipinski definition) is 0. The average Bonchev–Trinajstić information content (AvgIpc) is 3.85. The van der Waals surface area contributed by atoms with Gasteiger partial charge < -0.3 is 13.9 Å². The topological polar surface area (TPSA) is 21.3 Å². The molecule has 12 aromatic rings. The second-order valence-corrected chi connectivity index (χ2v) is 15.2. The van der Waals surface area contributed by atoms with Crippen molar-refractivity contribution in [1.29, 1.82) is 0 Å². The number of fused-ring (bicyclic) bond motifs is 8. The summed E-state index contributed by atoms with van der Waals surface area (Å²) >= 11 is 0. The lowest BCUT2D eigenvalue weighted by atomic mass is 9.93. The van der Waals surface area contributed by atoms with Crippen molar-refractivity contribution in [3.63, 3.8) is 0 Å². The van der Waals surface area contributed by atoms with E-state index in [0.29, 0.717) is 0 Å². The van der Waals surface area contributed by atoms with Crippen LogP contribution in [0.15, 0.2) is 223 Å². The molecular weight excluding hydrogens is 717 g/mol. The molecule has 0 atom stereocenters. The van der Waals surface area contributed by atoms with Crippen LogP contribution in [0.2, 0.25) is 0 Å². The first-order valence-corrected chi connectivity index (χ1v) is 20.2. The molecule has 0 saturated heterocycles. The van der Waals surface area contributed by atoms with Gasteiger partial charge in [-0.1, -0.05) is 170 Å². The van der Waals surface area contributed by atoms with E-state index in [0.717, 1.165) is 61.4 Å². The van der Waals surface area contributed by atoms with Crippen LogP contribution in [0.25, 0.3) is 93.2 Å². The minimum atomic E-state index is 0.847. The second kappa shape index (κ2) is 13.4. The zero-order chi connectivity index (χ0) is 38.9. The Labute approximate surface area is 341 Å². The lowest BCUT2D eigenvalue weighted by molar-refractivity contribution is 0.669. The van der Waals surface area contributed by atoms with Crippen LogP contribution in [-0.2, 0) is 0 Å². The Balaban J connectivity index is 1.18. The van der Waals surface area contributed by atoms with E-state index in [4.69, 9.17) is 4.42 Å². The van der Waals surface area contributed by atoms with Crippen molar-refractivity contribution >= 4 is 82.4 Å². The fourth-order valence-electron chi connectivity index (χ4n) is 9.40. The normalized spacial score (nSPS) is 11.7.